The van der Waals surface area contributed by atoms with Gasteiger partial charge in [0.2, 0.25) is 0 Å². The lowest BCUT2D eigenvalue weighted by Crippen LogP contribution is -2.50. The highest BCUT2D eigenvalue weighted by molar-refractivity contribution is 5.96. The molecule has 2 N–H and O–H groups in total. The van der Waals surface area contributed by atoms with Gasteiger partial charge in [-0.15, -0.1) is 0 Å². The first-order valence-corrected chi connectivity index (χ1v) is 12.0. The van der Waals surface area contributed by atoms with Crippen LogP contribution < -0.4 is 20.3 Å². The third-order valence-corrected chi connectivity index (χ3v) is 6.91. The van der Waals surface area contributed by atoms with Gasteiger partial charge in [0.05, 0.1) is 12.7 Å². The molecule has 3 heterocycles. The second-order valence-electron chi connectivity index (χ2n) is 9.08. The van der Waals surface area contributed by atoms with Gasteiger partial charge in [0.15, 0.2) is 0 Å². The fourth-order valence-corrected chi connectivity index (χ4v) is 5.17. The van der Waals surface area contributed by atoms with E-state index in [-0.39, 0.29) is 17.9 Å². The molecule has 2 aliphatic heterocycles. The number of carbonyl (C=O) groups is 2. The van der Waals surface area contributed by atoms with Crippen LogP contribution in [0, 0.1) is 6.92 Å². The zero-order chi connectivity index (χ0) is 23.4. The molecule has 1 aromatic heterocycles. The Morgan fingerprint density at radius 1 is 1.12 bits per heavy atom. The number of unbranched alkanes of at least 4 members (excludes halogenated alkanes) is 1. The molecule has 1 aromatic carbocycles. The molecule has 33 heavy (non-hydrogen) atoms. The van der Waals surface area contributed by atoms with Crippen LogP contribution in [0.4, 0.5) is 5.82 Å². The fraction of sp³-hybridized carbons (Fsp3) is 0.500. The number of fused-ring (bicyclic) bond motifs is 2. The number of methoxy groups -OCH3 is 1. The topological polar surface area (TPSA) is 83.6 Å². The summed E-state index contributed by atoms with van der Waals surface area (Å²) < 4.78 is 5.36. The van der Waals surface area contributed by atoms with E-state index in [9.17, 15) is 9.59 Å². The molecule has 2 fully saturated rings. The Bertz CT molecular complexity index is 978. The maximum Gasteiger partial charge on any atom is 0.252 e. The molecular formula is C26H34N4O3. The summed E-state index contributed by atoms with van der Waals surface area (Å²) in [5.41, 5.74) is 2.12. The summed E-state index contributed by atoms with van der Waals surface area (Å²) in [6.45, 7) is 4.71. The number of rotatable bonds is 8. The number of ether oxygens (including phenoxy) is 1. The molecule has 0 unspecified atom stereocenters. The van der Waals surface area contributed by atoms with Crippen molar-refractivity contribution >= 4 is 17.6 Å². The van der Waals surface area contributed by atoms with E-state index in [1.807, 2.05) is 37.3 Å². The van der Waals surface area contributed by atoms with E-state index in [1.54, 1.807) is 13.3 Å². The van der Waals surface area contributed by atoms with E-state index in [1.165, 1.54) is 0 Å². The minimum Gasteiger partial charge on any atom is -0.496 e. The first kappa shape index (κ1) is 23.1. The van der Waals surface area contributed by atoms with Crippen LogP contribution in [0.15, 0.2) is 36.5 Å². The van der Waals surface area contributed by atoms with Crippen LogP contribution in [0.1, 0.15) is 71.7 Å². The highest BCUT2D eigenvalue weighted by Gasteiger charge is 2.41. The Morgan fingerprint density at radius 3 is 2.52 bits per heavy atom. The number of pyridine rings is 1. The lowest BCUT2D eigenvalue weighted by Gasteiger charge is -2.40. The van der Waals surface area contributed by atoms with E-state index < -0.39 is 0 Å². The zero-order valence-electron chi connectivity index (χ0n) is 19.8. The van der Waals surface area contributed by atoms with Crippen molar-refractivity contribution in [1.29, 1.82) is 0 Å². The Morgan fingerprint density at radius 2 is 1.88 bits per heavy atom. The standard InChI is InChI=1S/C26H34N4O3/c1-4-5-13-27-25(31)18-9-12-24(28-16-18)30-20-10-11-21(30)15-19(14-20)29-26(32)22-7-6-8-23(33-3)17(22)2/h6-9,12,16,19-21H,4-5,10-11,13-15H2,1-3H3,(H,27,31)(H,29,32)/t19-,20+,21-. The third-order valence-electron chi connectivity index (χ3n) is 6.91. The SMILES string of the molecule is CCCCNC(=O)c1ccc(N2[C@@H]3CC[C@H]2C[C@@H](NC(=O)c2cccc(OC)c2C)C3)nc1. The highest BCUT2D eigenvalue weighted by Crippen LogP contribution is 2.38. The second kappa shape index (κ2) is 10.2. The number of amides is 2. The van der Waals surface area contributed by atoms with E-state index in [0.29, 0.717) is 29.8 Å². The Balaban J connectivity index is 1.38. The molecule has 0 radical (unpaired) electrons. The number of carbonyl (C=O) groups excluding carboxylic acids is 2. The predicted octanol–water partition coefficient (Wildman–Crippen LogP) is 3.86. The van der Waals surface area contributed by atoms with Crippen molar-refractivity contribution < 1.29 is 14.3 Å². The quantitative estimate of drug-likeness (QED) is 0.597. The fourth-order valence-electron chi connectivity index (χ4n) is 5.17. The Hall–Kier alpha value is -3.09. The number of hydrogen-bond acceptors (Lipinski definition) is 5. The van der Waals surface area contributed by atoms with Crippen molar-refractivity contribution in [1.82, 2.24) is 15.6 Å². The molecule has 0 aliphatic carbocycles. The second-order valence-corrected chi connectivity index (χ2v) is 9.08. The lowest BCUT2D eigenvalue weighted by molar-refractivity contribution is 0.0923. The summed E-state index contributed by atoms with van der Waals surface area (Å²) in [6.07, 6.45) is 7.68. The van der Waals surface area contributed by atoms with E-state index >= 15 is 0 Å². The van der Waals surface area contributed by atoms with E-state index in [0.717, 1.165) is 55.7 Å². The van der Waals surface area contributed by atoms with Gasteiger partial charge < -0.3 is 20.3 Å². The molecule has 7 nitrogen and oxygen atoms in total. The number of nitrogens with one attached hydrogen (secondary N) is 2. The van der Waals surface area contributed by atoms with Gasteiger partial charge >= 0.3 is 0 Å². The van der Waals surface area contributed by atoms with Crippen molar-refractivity contribution in [2.75, 3.05) is 18.6 Å². The van der Waals surface area contributed by atoms with Crippen LogP contribution in [-0.2, 0) is 0 Å². The minimum absolute atomic E-state index is 0.0409. The first-order valence-electron chi connectivity index (χ1n) is 12.0. The molecule has 0 saturated carbocycles. The average molecular weight is 451 g/mol. The summed E-state index contributed by atoms with van der Waals surface area (Å²) in [7, 11) is 1.62. The number of aromatic nitrogens is 1. The van der Waals surface area contributed by atoms with E-state index in [4.69, 9.17) is 4.74 Å². The van der Waals surface area contributed by atoms with Crippen LogP contribution in [0.25, 0.3) is 0 Å². The largest absolute Gasteiger partial charge is 0.496 e. The molecule has 0 spiro atoms. The van der Waals surface area contributed by atoms with Crippen LogP contribution in [0.5, 0.6) is 5.75 Å². The first-order chi connectivity index (χ1) is 16.0. The number of hydrogen-bond donors (Lipinski definition) is 2. The predicted molar refractivity (Wildman–Crippen MR) is 129 cm³/mol. The average Bonchev–Trinajstić information content (AvgIpc) is 3.09. The van der Waals surface area contributed by atoms with Crippen LogP contribution in [0.2, 0.25) is 0 Å². The van der Waals surface area contributed by atoms with E-state index in [2.05, 4.69) is 27.4 Å². The summed E-state index contributed by atoms with van der Waals surface area (Å²) in [4.78, 5) is 32.2. The van der Waals surface area contributed by atoms with Crippen molar-refractivity contribution in [3.05, 3.63) is 53.2 Å². The van der Waals surface area contributed by atoms with Crippen LogP contribution in [0.3, 0.4) is 0 Å². The summed E-state index contributed by atoms with van der Waals surface area (Å²) in [5.74, 6) is 1.53. The summed E-state index contributed by atoms with van der Waals surface area (Å²) in [6, 6.07) is 10.2. The number of benzene rings is 1. The number of nitrogens with zero attached hydrogens (tertiary/aromatic N) is 2. The lowest BCUT2D eigenvalue weighted by atomic mass is 9.96. The third kappa shape index (κ3) is 4.97. The minimum atomic E-state index is -0.0697. The number of anilines is 1. The van der Waals surface area contributed by atoms with Crippen molar-refractivity contribution in [2.24, 2.45) is 0 Å². The van der Waals surface area contributed by atoms with Crippen molar-refractivity contribution in [3.8, 4) is 5.75 Å². The van der Waals surface area contributed by atoms with Gasteiger partial charge in [-0.2, -0.15) is 0 Å². The smallest absolute Gasteiger partial charge is 0.252 e. The van der Waals surface area contributed by atoms with Gasteiger partial charge in [-0.1, -0.05) is 19.4 Å². The maximum absolute atomic E-state index is 13.0. The molecule has 2 bridgehead atoms. The molecule has 176 valence electrons. The monoisotopic (exact) mass is 450 g/mol. The molecule has 4 rings (SSSR count). The van der Waals surface area contributed by atoms with Gasteiger partial charge in [0.25, 0.3) is 11.8 Å². The van der Waals surface area contributed by atoms with Crippen LogP contribution >= 0.6 is 0 Å². The summed E-state index contributed by atoms with van der Waals surface area (Å²) >= 11 is 0. The van der Waals surface area contributed by atoms with Gasteiger partial charge in [0.1, 0.15) is 11.6 Å². The highest BCUT2D eigenvalue weighted by atomic mass is 16.5. The van der Waals surface area contributed by atoms with Crippen molar-refractivity contribution in [2.45, 2.75) is 70.5 Å². The van der Waals surface area contributed by atoms with Gasteiger partial charge in [-0.3, -0.25) is 9.59 Å². The Kier molecular flexibility index (Phi) is 7.16. The Labute approximate surface area is 195 Å². The molecule has 2 amide bonds. The van der Waals surface area contributed by atoms with Gasteiger partial charge in [-0.05, 0) is 63.3 Å². The zero-order valence-corrected chi connectivity index (χ0v) is 19.8. The molecule has 2 aliphatic rings. The molecule has 2 aromatic rings. The van der Waals surface area contributed by atoms with Gasteiger partial charge in [0, 0.05) is 42.0 Å². The van der Waals surface area contributed by atoms with Crippen molar-refractivity contribution in [3.63, 3.8) is 0 Å². The number of piperidine rings is 1. The van der Waals surface area contributed by atoms with Gasteiger partial charge in [-0.25, -0.2) is 4.98 Å². The molecular weight excluding hydrogens is 416 g/mol. The molecule has 3 atom stereocenters. The molecule has 2 saturated heterocycles. The normalized spacial score (nSPS) is 21.5. The van der Waals surface area contributed by atoms with Crippen LogP contribution in [-0.4, -0.2) is 48.6 Å². The molecule has 7 heteroatoms. The maximum atomic E-state index is 13.0. The summed E-state index contributed by atoms with van der Waals surface area (Å²) in [5, 5.41) is 6.19.